The lowest BCUT2D eigenvalue weighted by Gasteiger charge is -2.10. The van der Waals surface area contributed by atoms with Crippen molar-refractivity contribution < 1.29 is 9.84 Å². The molecule has 6 heteroatoms. The summed E-state index contributed by atoms with van der Waals surface area (Å²) in [6, 6.07) is 3.85. The quantitative estimate of drug-likeness (QED) is 0.675. The molecule has 6 nitrogen and oxygen atoms in total. The summed E-state index contributed by atoms with van der Waals surface area (Å²) < 4.78 is 7.59. The van der Waals surface area contributed by atoms with E-state index in [0.717, 1.165) is 40.7 Å². The normalized spacial score (nSPS) is 11.5. The molecule has 22 heavy (non-hydrogen) atoms. The highest BCUT2D eigenvalue weighted by Crippen LogP contribution is 2.23. The average Bonchev–Trinajstić information content (AvgIpc) is 2.90. The lowest BCUT2D eigenvalue weighted by Crippen LogP contribution is -2.11. The lowest BCUT2D eigenvalue weighted by molar-refractivity contribution is 0.0871. The van der Waals surface area contributed by atoms with Crippen LogP contribution >= 0.6 is 0 Å². The Morgan fingerprint density at radius 2 is 2.14 bits per heavy atom. The molecule has 0 atom stereocenters. The number of hydrogen-bond acceptors (Lipinski definition) is 5. The summed E-state index contributed by atoms with van der Waals surface area (Å²) in [7, 11) is 0. The van der Waals surface area contributed by atoms with Gasteiger partial charge in [0.05, 0.1) is 37.1 Å². The Balaban J connectivity index is 2.07. The first-order chi connectivity index (χ1) is 10.8. The first kappa shape index (κ1) is 14.9. The van der Waals surface area contributed by atoms with Gasteiger partial charge >= 0.3 is 0 Å². The van der Waals surface area contributed by atoms with Crippen molar-refractivity contribution in [2.24, 2.45) is 0 Å². The maximum absolute atomic E-state index is 8.81. The highest BCUT2D eigenvalue weighted by Gasteiger charge is 2.14. The number of aryl methyl sites for hydroxylation is 1. The van der Waals surface area contributed by atoms with Gasteiger partial charge in [-0.05, 0) is 18.6 Å². The van der Waals surface area contributed by atoms with Crippen LogP contribution in [0.1, 0.15) is 19.2 Å². The van der Waals surface area contributed by atoms with E-state index in [1.165, 1.54) is 0 Å². The number of rotatable bonds is 7. The van der Waals surface area contributed by atoms with Crippen LogP contribution in [-0.4, -0.2) is 44.4 Å². The van der Waals surface area contributed by atoms with Crippen LogP contribution in [0.15, 0.2) is 24.5 Å². The second kappa shape index (κ2) is 6.81. The van der Waals surface area contributed by atoms with Gasteiger partial charge in [-0.2, -0.15) is 0 Å². The SMILES string of the molecule is CCCc1nc2cnc3cccnc3c2n1CCOCCO. The molecular formula is C16H20N4O2. The Morgan fingerprint density at radius 1 is 1.23 bits per heavy atom. The maximum atomic E-state index is 8.81. The van der Waals surface area contributed by atoms with Crippen molar-refractivity contribution in [2.75, 3.05) is 19.8 Å². The molecular weight excluding hydrogens is 280 g/mol. The van der Waals surface area contributed by atoms with Gasteiger partial charge in [0, 0.05) is 19.2 Å². The molecule has 3 aromatic heterocycles. The smallest absolute Gasteiger partial charge is 0.115 e. The summed E-state index contributed by atoms with van der Waals surface area (Å²) in [6.45, 7) is 3.78. The standard InChI is InChI=1S/C16H20N4O2/c1-2-4-14-19-13-11-18-12-5-3-6-17-15(12)16(13)20(14)7-9-22-10-8-21/h3,5-6,11,21H,2,4,7-10H2,1H3. The number of ether oxygens (including phenoxy) is 1. The Bertz CT molecular complexity index is 769. The molecule has 0 aliphatic heterocycles. The molecule has 0 radical (unpaired) electrons. The lowest BCUT2D eigenvalue weighted by atomic mass is 10.3. The Morgan fingerprint density at radius 3 is 2.95 bits per heavy atom. The van der Waals surface area contributed by atoms with Crippen LogP contribution in [0, 0.1) is 0 Å². The van der Waals surface area contributed by atoms with Gasteiger partial charge in [-0.15, -0.1) is 0 Å². The summed E-state index contributed by atoms with van der Waals surface area (Å²) >= 11 is 0. The second-order valence-corrected chi connectivity index (χ2v) is 5.13. The zero-order chi connectivity index (χ0) is 15.4. The molecule has 1 N–H and O–H groups in total. The van der Waals surface area contributed by atoms with E-state index in [2.05, 4.69) is 21.5 Å². The van der Waals surface area contributed by atoms with E-state index in [1.54, 1.807) is 6.20 Å². The molecule has 0 aromatic carbocycles. The number of aliphatic hydroxyl groups excluding tert-OH is 1. The fourth-order valence-electron chi connectivity index (χ4n) is 2.65. The van der Waals surface area contributed by atoms with Gasteiger partial charge in [0.15, 0.2) is 0 Å². The number of imidazole rings is 1. The monoisotopic (exact) mass is 300 g/mol. The van der Waals surface area contributed by atoms with E-state index in [9.17, 15) is 0 Å². The van der Waals surface area contributed by atoms with Gasteiger partial charge in [-0.1, -0.05) is 6.92 Å². The van der Waals surface area contributed by atoms with Crippen LogP contribution in [0.25, 0.3) is 22.1 Å². The average molecular weight is 300 g/mol. The number of aromatic nitrogens is 4. The van der Waals surface area contributed by atoms with Crippen molar-refractivity contribution in [3.63, 3.8) is 0 Å². The van der Waals surface area contributed by atoms with Gasteiger partial charge in [0.25, 0.3) is 0 Å². The number of fused-ring (bicyclic) bond motifs is 3. The fraction of sp³-hybridized carbons (Fsp3) is 0.438. The van der Waals surface area contributed by atoms with Crippen molar-refractivity contribution in [3.05, 3.63) is 30.4 Å². The third-order valence-corrected chi connectivity index (χ3v) is 3.58. The predicted molar refractivity (Wildman–Crippen MR) is 84.7 cm³/mol. The second-order valence-electron chi connectivity index (χ2n) is 5.13. The summed E-state index contributed by atoms with van der Waals surface area (Å²) in [5.74, 6) is 1.03. The van der Waals surface area contributed by atoms with Gasteiger partial charge in [0.1, 0.15) is 16.9 Å². The van der Waals surface area contributed by atoms with Gasteiger partial charge < -0.3 is 14.4 Å². The van der Waals surface area contributed by atoms with E-state index >= 15 is 0 Å². The molecule has 116 valence electrons. The summed E-state index contributed by atoms with van der Waals surface area (Å²) in [6.07, 6.45) is 5.52. The van der Waals surface area contributed by atoms with Crippen molar-refractivity contribution >= 4 is 22.1 Å². The molecule has 0 spiro atoms. The molecule has 3 heterocycles. The third kappa shape index (κ3) is 2.80. The van der Waals surface area contributed by atoms with Crippen LogP contribution in [0.3, 0.4) is 0 Å². The topological polar surface area (TPSA) is 73.1 Å². The van der Waals surface area contributed by atoms with Crippen molar-refractivity contribution in [1.29, 1.82) is 0 Å². The fourth-order valence-corrected chi connectivity index (χ4v) is 2.65. The maximum Gasteiger partial charge on any atom is 0.115 e. The van der Waals surface area contributed by atoms with Gasteiger partial charge in [0.2, 0.25) is 0 Å². The summed E-state index contributed by atoms with van der Waals surface area (Å²) in [5.41, 5.74) is 3.63. The molecule has 0 saturated heterocycles. The van der Waals surface area contributed by atoms with E-state index < -0.39 is 0 Å². The van der Waals surface area contributed by atoms with Gasteiger partial charge in [-0.25, -0.2) is 4.98 Å². The van der Waals surface area contributed by atoms with Crippen LogP contribution in [0.2, 0.25) is 0 Å². The van der Waals surface area contributed by atoms with Crippen LogP contribution in [0.5, 0.6) is 0 Å². The molecule has 0 bridgehead atoms. The predicted octanol–water partition coefficient (Wildman–Crippen LogP) is 1.94. The molecule has 0 fully saturated rings. The van der Waals surface area contributed by atoms with Gasteiger partial charge in [-0.3, -0.25) is 9.97 Å². The van der Waals surface area contributed by atoms with E-state index in [0.29, 0.717) is 19.8 Å². The molecule has 0 aliphatic carbocycles. The first-order valence-electron chi connectivity index (χ1n) is 7.62. The van der Waals surface area contributed by atoms with Crippen molar-refractivity contribution in [1.82, 2.24) is 19.5 Å². The van der Waals surface area contributed by atoms with Crippen LogP contribution in [0.4, 0.5) is 0 Å². The zero-order valence-electron chi connectivity index (χ0n) is 12.7. The van der Waals surface area contributed by atoms with E-state index in [4.69, 9.17) is 14.8 Å². The zero-order valence-corrected chi connectivity index (χ0v) is 12.7. The first-order valence-corrected chi connectivity index (χ1v) is 7.62. The molecule has 3 rings (SSSR count). The minimum absolute atomic E-state index is 0.0426. The Labute approximate surface area is 128 Å². The largest absolute Gasteiger partial charge is 0.394 e. The van der Waals surface area contributed by atoms with Crippen LogP contribution in [-0.2, 0) is 17.7 Å². The number of aliphatic hydroxyl groups is 1. The van der Waals surface area contributed by atoms with Crippen molar-refractivity contribution in [2.45, 2.75) is 26.3 Å². The number of pyridine rings is 2. The van der Waals surface area contributed by atoms with E-state index in [1.807, 2.05) is 18.3 Å². The minimum atomic E-state index is 0.0426. The molecule has 3 aromatic rings. The highest BCUT2D eigenvalue weighted by molar-refractivity contribution is 5.99. The summed E-state index contributed by atoms with van der Waals surface area (Å²) in [5, 5.41) is 8.81. The molecule has 0 aliphatic rings. The highest BCUT2D eigenvalue weighted by atomic mass is 16.5. The molecule has 0 amide bonds. The Hall–Kier alpha value is -2.05. The Kier molecular flexibility index (Phi) is 4.60. The van der Waals surface area contributed by atoms with E-state index in [-0.39, 0.29) is 6.61 Å². The van der Waals surface area contributed by atoms with Crippen molar-refractivity contribution in [3.8, 4) is 0 Å². The number of hydrogen-bond donors (Lipinski definition) is 1. The number of nitrogens with zero attached hydrogens (tertiary/aromatic N) is 4. The summed E-state index contributed by atoms with van der Waals surface area (Å²) in [4.78, 5) is 13.6. The molecule has 0 unspecified atom stereocenters. The minimum Gasteiger partial charge on any atom is -0.394 e. The molecule has 0 saturated carbocycles. The van der Waals surface area contributed by atoms with Crippen LogP contribution < -0.4 is 0 Å². The third-order valence-electron chi connectivity index (χ3n) is 3.58.